The van der Waals surface area contributed by atoms with Crippen LogP contribution in [0.4, 0.5) is 13.2 Å². The third kappa shape index (κ3) is 4.80. The summed E-state index contributed by atoms with van der Waals surface area (Å²) >= 11 is 11.4. The molecule has 0 unspecified atom stereocenters. The van der Waals surface area contributed by atoms with Gasteiger partial charge in [-0.1, -0.05) is 54.4 Å². The molecule has 0 radical (unpaired) electrons. The molecular formula is C17H16Cl2F3N3O. The molecule has 140 valence electrons. The number of nitrogens with zero attached hydrogens (tertiary/aromatic N) is 2. The topological polar surface area (TPSA) is 46.9 Å². The molecule has 0 aliphatic rings. The molecule has 0 saturated carbocycles. The van der Waals surface area contributed by atoms with E-state index >= 15 is 0 Å². The Bertz CT molecular complexity index is 827. The van der Waals surface area contributed by atoms with Crippen molar-refractivity contribution in [2.24, 2.45) is 7.05 Å². The second-order valence-electron chi connectivity index (χ2n) is 5.50. The lowest BCUT2D eigenvalue weighted by Gasteiger charge is -2.07. The molecule has 0 bridgehead atoms. The van der Waals surface area contributed by atoms with Crippen molar-refractivity contribution in [3.8, 4) is 0 Å². The van der Waals surface area contributed by atoms with Gasteiger partial charge < -0.3 is 5.32 Å². The molecule has 0 atom stereocenters. The maximum Gasteiger partial charge on any atom is 0.426 e. The first-order valence-electron chi connectivity index (χ1n) is 7.66. The number of carbonyl (C=O) groups is 1. The average Bonchev–Trinajstić information content (AvgIpc) is 2.87. The van der Waals surface area contributed by atoms with Gasteiger partial charge in [-0.3, -0.25) is 9.48 Å². The van der Waals surface area contributed by atoms with Gasteiger partial charge in [0, 0.05) is 13.6 Å². The molecule has 0 saturated heterocycles. The number of benzene rings is 1. The van der Waals surface area contributed by atoms with Gasteiger partial charge in [-0.05, 0) is 23.6 Å². The van der Waals surface area contributed by atoms with Crippen LogP contribution in [-0.2, 0) is 20.0 Å². The first-order chi connectivity index (χ1) is 12.1. The summed E-state index contributed by atoms with van der Waals surface area (Å²) in [5, 5.41) is 6.01. The number of aromatic nitrogens is 2. The van der Waals surface area contributed by atoms with Gasteiger partial charge in [-0.15, -0.1) is 0 Å². The van der Waals surface area contributed by atoms with E-state index in [2.05, 4.69) is 10.4 Å². The summed E-state index contributed by atoms with van der Waals surface area (Å²) in [5.74, 6) is -0.381. The second-order valence-corrected chi connectivity index (χ2v) is 6.29. The van der Waals surface area contributed by atoms with E-state index in [-0.39, 0.29) is 18.1 Å². The molecule has 1 N–H and O–H groups in total. The quantitative estimate of drug-likeness (QED) is 0.782. The van der Waals surface area contributed by atoms with E-state index in [1.165, 1.54) is 16.8 Å². The summed E-state index contributed by atoms with van der Waals surface area (Å²) in [5.41, 5.74) is 1.93. The number of hydrogen-bond donors (Lipinski definition) is 1. The van der Waals surface area contributed by atoms with E-state index in [4.69, 9.17) is 23.2 Å². The van der Waals surface area contributed by atoms with E-state index in [9.17, 15) is 18.0 Å². The van der Waals surface area contributed by atoms with E-state index in [0.717, 1.165) is 6.08 Å². The summed E-state index contributed by atoms with van der Waals surface area (Å²) in [6.45, 7) is 2.08. The molecular weight excluding hydrogens is 390 g/mol. The third-order valence-corrected chi connectivity index (χ3v) is 4.32. The Morgan fingerprint density at radius 2 is 1.92 bits per heavy atom. The summed E-state index contributed by atoms with van der Waals surface area (Å²) in [4.78, 5) is 12.3. The lowest BCUT2D eigenvalue weighted by atomic mass is 10.1. The maximum absolute atomic E-state index is 12.4. The molecule has 0 aliphatic heterocycles. The minimum Gasteiger partial charge on any atom is -0.347 e. The van der Waals surface area contributed by atoms with Crippen molar-refractivity contribution in [3.63, 3.8) is 0 Å². The van der Waals surface area contributed by atoms with Gasteiger partial charge in [-0.25, -0.2) is 0 Å². The predicted octanol–water partition coefficient (Wildman–Crippen LogP) is 4.71. The van der Waals surface area contributed by atoms with Crippen LogP contribution in [-0.4, -0.2) is 21.9 Å². The third-order valence-electron chi connectivity index (χ3n) is 3.60. The molecule has 4 nitrogen and oxygen atoms in total. The minimum absolute atomic E-state index is 0.193. The second kappa shape index (κ2) is 8.14. The molecule has 9 heteroatoms. The van der Waals surface area contributed by atoms with Crippen LogP contribution in [0.2, 0.25) is 5.02 Å². The fourth-order valence-electron chi connectivity index (χ4n) is 2.25. The number of allylic oxidation sites excluding steroid dienone is 1. The van der Waals surface area contributed by atoms with Gasteiger partial charge in [0.25, 0.3) is 5.91 Å². The van der Waals surface area contributed by atoms with Gasteiger partial charge in [-0.2, -0.15) is 18.3 Å². The van der Waals surface area contributed by atoms with Crippen molar-refractivity contribution in [2.45, 2.75) is 26.1 Å². The Morgan fingerprint density at radius 3 is 2.42 bits per heavy atom. The van der Waals surface area contributed by atoms with Crippen LogP contribution >= 0.6 is 23.2 Å². The number of halogens is 5. The van der Waals surface area contributed by atoms with Gasteiger partial charge >= 0.3 is 6.18 Å². The number of alkyl halides is 3. The Hall–Kier alpha value is -1.99. The predicted molar refractivity (Wildman–Crippen MR) is 95.1 cm³/mol. The summed E-state index contributed by atoms with van der Waals surface area (Å²) in [6, 6.07) is 6.19. The largest absolute Gasteiger partial charge is 0.426 e. The van der Waals surface area contributed by atoms with E-state index in [1.54, 1.807) is 19.2 Å². The fraction of sp³-hybridized carbons (Fsp3) is 0.294. The van der Waals surface area contributed by atoms with Crippen LogP contribution < -0.4 is 5.32 Å². The van der Waals surface area contributed by atoms with Crippen molar-refractivity contribution in [1.29, 1.82) is 0 Å². The number of hydrogen-bond acceptors (Lipinski definition) is 2. The van der Waals surface area contributed by atoms with Crippen LogP contribution in [0.5, 0.6) is 0 Å². The van der Waals surface area contributed by atoms with Crippen molar-refractivity contribution in [2.75, 3.05) is 0 Å². The highest BCUT2D eigenvalue weighted by Gasteiger charge is 2.32. The van der Waals surface area contributed by atoms with Crippen molar-refractivity contribution < 1.29 is 18.0 Å². The number of nitrogens with one attached hydrogen (secondary N) is 1. The van der Waals surface area contributed by atoms with E-state index < -0.39 is 11.2 Å². The number of amides is 1. The van der Waals surface area contributed by atoms with Crippen LogP contribution in [0.3, 0.4) is 0 Å². The number of aryl methyl sites for hydroxylation is 2. The van der Waals surface area contributed by atoms with Crippen LogP contribution in [0.1, 0.15) is 34.2 Å². The average molecular weight is 406 g/mol. The minimum atomic E-state index is -4.58. The van der Waals surface area contributed by atoms with Crippen LogP contribution in [0.25, 0.3) is 6.08 Å². The fourth-order valence-corrected chi connectivity index (χ4v) is 2.76. The monoisotopic (exact) mass is 405 g/mol. The van der Waals surface area contributed by atoms with E-state index in [0.29, 0.717) is 28.3 Å². The summed E-state index contributed by atoms with van der Waals surface area (Å²) < 4.78 is 38.7. The van der Waals surface area contributed by atoms with Gasteiger partial charge in [0.2, 0.25) is 0 Å². The molecule has 0 aliphatic carbocycles. The molecule has 1 amide bonds. The normalized spacial score (nSPS) is 12.3. The molecule has 26 heavy (non-hydrogen) atoms. The zero-order valence-corrected chi connectivity index (χ0v) is 15.5. The zero-order chi connectivity index (χ0) is 19.5. The molecule has 2 aromatic rings. The number of rotatable bonds is 5. The first-order valence-corrected chi connectivity index (χ1v) is 8.42. The zero-order valence-electron chi connectivity index (χ0n) is 14.0. The van der Waals surface area contributed by atoms with E-state index in [1.807, 2.05) is 6.92 Å². The highest BCUT2D eigenvalue weighted by atomic mass is 35.5. The van der Waals surface area contributed by atoms with Crippen LogP contribution in [0, 0.1) is 0 Å². The SMILES string of the molecule is CCc1nn(C)c(C(=O)NCc2ccc(/C=C(/Cl)C(F)(F)F)cc2)c1Cl. The molecule has 2 rings (SSSR count). The Balaban J connectivity index is 2.04. The molecule has 0 spiro atoms. The van der Waals surface area contributed by atoms with Crippen molar-refractivity contribution in [3.05, 3.63) is 56.8 Å². The molecule has 0 fully saturated rings. The molecule has 1 aromatic heterocycles. The Morgan fingerprint density at radius 1 is 1.31 bits per heavy atom. The Labute approximate surface area is 158 Å². The van der Waals surface area contributed by atoms with Gasteiger partial charge in [0.05, 0.1) is 10.7 Å². The highest BCUT2D eigenvalue weighted by Crippen LogP contribution is 2.30. The van der Waals surface area contributed by atoms with Gasteiger partial charge in [0.1, 0.15) is 10.7 Å². The number of carbonyl (C=O) groups excluding carboxylic acids is 1. The lowest BCUT2D eigenvalue weighted by Crippen LogP contribution is -2.25. The standard InChI is InChI=1S/C17H16Cl2F3N3O/c1-3-12-14(19)15(25(2)24-12)16(26)23-9-11-6-4-10(5-7-11)8-13(18)17(20,21)22/h4-8H,3,9H2,1-2H3,(H,23,26)/b13-8+. The maximum atomic E-state index is 12.4. The smallest absolute Gasteiger partial charge is 0.347 e. The lowest BCUT2D eigenvalue weighted by molar-refractivity contribution is -0.0836. The molecule has 1 heterocycles. The Kier molecular flexibility index (Phi) is 6.36. The summed E-state index contributed by atoms with van der Waals surface area (Å²) in [6.07, 6.45) is -3.13. The summed E-state index contributed by atoms with van der Waals surface area (Å²) in [7, 11) is 1.63. The molecule has 1 aromatic carbocycles. The van der Waals surface area contributed by atoms with Crippen molar-refractivity contribution in [1.82, 2.24) is 15.1 Å². The first kappa shape index (κ1) is 20.3. The van der Waals surface area contributed by atoms with Crippen molar-refractivity contribution >= 4 is 35.2 Å². The van der Waals surface area contributed by atoms with Crippen LogP contribution in [0.15, 0.2) is 29.3 Å². The highest BCUT2D eigenvalue weighted by molar-refractivity contribution is 6.34. The van der Waals surface area contributed by atoms with Gasteiger partial charge in [0.15, 0.2) is 0 Å².